The van der Waals surface area contributed by atoms with Gasteiger partial charge in [-0.2, -0.15) is 4.72 Å². The molecule has 3 aromatic rings. The molecule has 0 heterocycles. The van der Waals surface area contributed by atoms with E-state index in [4.69, 9.17) is 0 Å². The number of nitro benzene ring substituents is 1. The summed E-state index contributed by atoms with van der Waals surface area (Å²) in [5.41, 5.74) is 1.98. The number of nitrogens with one attached hydrogen (secondary N) is 1. The number of nitrogens with zero attached hydrogens (tertiary/aromatic N) is 1. The van der Waals surface area contributed by atoms with Crippen molar-refractivity contribution in [1.29, 1.82) is 0 Å². The number of hydrogen-bond donors (Lipinski definition) is 1. The molecule has 3 rings (SSSR count). The molecule has 1 N–H and O–H groups in total. The van der Waals surface area contributed by atoms with Gasteiger partial charge in [-0.15, -0.1) is 0 Å². The minimum atomic E-state index is -4.14. The first-order chi connectivity index (χ1) is 12.9. The fraction of sp³-hybridized carbons (Fsp3) is 0.100. The van der Waals surface area contributed by atoms with Crippen LogP contribution in [0.25, 0.3) is 0 Å². The number of rotatable bonds is 6. The third-order valence-corrected chi connectivity index (χ3v) is 5.73. The lowest BCUT2D eigenvalue weighted by molar-refractivity contribution is -0.387. The predicted octanol–water partition coefficient (Wildman–Crippen LogP) is 3.97. The van der Waals surface area contributed by atoms with Crippen molar-refractivity contribution in [3.8, 4) is 0 Å². The van der Waals surface area contributed by atoms with Crippen molar-refractivity contribution in [2.45, 2.75) is 17.9 Å². The van der Waals surface area contributed by atoms with E-state index in [0.717, 1.165) is 16.7 Å². The molecule has 0 fully saturated rings. The maximum absolute atomic E-state index is 13.0. The van der Waals surface area contributed by atoms with Gasteiger partial charge in [0.15, 0.2) is 4.90 Å². The summed E-state index contributed by atoms with van der Waals surface area (Å²) < 4.78 is 28.7. The Kier molecular flexibility index (Phi) is 5.34. The van der Waals surface area contributed by atoms with Crippen molar-refractivity contribution < 1.29 is 13.3 Å². The maximum Gasteiger partial charge on any atom is 0.289 e. The second-order valence-electron chi connectivity index (χ2n) is 6.05. The molecule has 0 saturated heterocycles. The van der Waals surface area contributed by atoms with Crippen LogP contribution in [-0.4, -0.2) is 13.3 Å². The highest BCUT2D eigenvalue weighted by atomic mass is 32.2. The van der Waals surface area contributed by atoms with Gasteiger partial charge in [0.2, 0.25) is 10.0 Å². The Morgan fingerprint density at radius 2 is 1.48 bits per heavy atom. The van der Waals surface area contributed by atoms with Crippen molar-refractivity contribution in [1.82, 2.24) is 4.72 Å². The van der Waals surface area contributed by atoms with Gasteiger partial charge in [0.25, 0.3) is 5.69 Å². The van der Waals surface area contributed by atoms with Gasteiger partial charge in [0.05, 0.1) is 11.0 Å². The molecular weight excluding hydrogens is 364 g/mol. The molecule has 0 amide bonds. The van der Waals surface area contributed by atoms with E-state index < -0.39 is 26.7 Å². The number of para-hydroxylation sites is 1. The fourth-order valence-corrected chi connectivity index (χ4v) is 4.30. The van der Waals surface area contributed by atoms with Crippen LogP contribution in [0.3, 0.4) is 0 Å². The van der Waals surface area contributed by atoms with Gasteiger partial charge in [0, 0.05) is 6.07 Å². The molecule has 0 aromatic heterocycles. The molecule has 27 heavy (non-hydrogen) atoms. The SMILES string of the molecule is Cc1ccccc1[C@@H](NS(=O)(=O)c1ccccc1[N+](=O)[O-])c1ccccc1. The number of benzene rings is 3. The van der Waals surface area contributed by atoms with Gasteiger partial charge in [-0.25, -0.2) is 8.42 Å². The molecule has 7 heteroatoms. The Hall–Kier alpha value is -3.03. The normalized spacial score (nSPS) is 12.5. The molecule has 0 unspecified atom stereocenters. The molecular formula is C20H18N2O4S. The van der Waals surface area contributed by atoms with E-state index in [1.165, 1.54) is 24.3 Å². The standard InChI is InChI=1S/C20H18N2O4S/c1-15-9-5-6-12-17(15)20(16-10-3-2-4-11-16)21-27(25,26)19-14-8-7-13-18(19)22(23)24/h2-14,20-21H,1H3/t20-/m0/s1. The van der Waals surface area contributed by atoms with Crippen LogP contribution in [-0.2, 0) is 10.0 Å². The third kappa shape index (κ3) is 4.05. The lowest BCUT2D eigenvalue weighted by Crippen LogP contribution is -2.30. The van der Waals surface area contributed by atoms with Crippen molar-refractivity contribution >= 4 is 15.7 Å². The Bertz CT molecular complexity index is 1070. The molecule has 1 atom stereocenters. The van der Waals surface area contributed by atoms with E-state index in [1.807, 2.05) is 61.5 Å². The van der Waals surface area contributed by atoms with Crippen LogP contribution < -0.4 is 4.72 Å². The van der Waals surface area contributed by atoms with Crippen molar-refractivity contribution in [3.63, 3.8) is 0 Å². The highest BCUT2D eigenvalue weighted by Crippen LogP contribution is 2.29. The van der Waals surface area contributed by atoms with Crippen molar-refractivity contribution in [2.75, 3.05) is 0 Å². The van der Waals surface area contributed by atoms with E-state index in [9.17, 15) is 18.5 Å². The first-order valence-electron chi connectivity index (χ1n) is 8.26. The second kappa shape index (κ2) is 7.69. The van der Waals surface area contributed by atoms with Crippen molar-refractivity contribution in [3.05, 3.63) is 106 Å². The lowest BCUT2D eigenvalue weighted by Gasteiger charge is -2.21. The number of nitro groups is 1. The minimum absolute atomic E-state index is 0.357. The third-order valence-electron chi connectivity index (χ3n) is 4.26. The Balaban J connectivity index is 2.10. The molecule has 0 aliphatic heterocycles. The lowest BCUT2D eigenvalue weighted by atomic mass is 9.96. The Labute approximate surface area is 157 Å². The zero-order valence-electron chi connectivity index (χ0n) is 14.6. The molecule has 0 saturated carbocycles. The summed E-state index contributed by atoms with van der Waals surface area (Å²) >= 11 is 0. The zero-order valence-corrected chi connectivity index (χ0v) is 15.4. The first-order valence-corrected chi connectivity index (χ1v) is 9.74. The van der Waals surface area contributed by atoms with Crippen LogP contribution in [0.5, 0.6) is 0 Å². The van der Waals surface area contributed by atoms with Gasteiger partial charge in [-0.3, -0.25) is 10.1 Å². The molecule has 0 radical (unpaired) electrons. The summed E-state index contributed by atoms with van der Waals surface area (Å²) in [6.45, 7) is 1.89. The zero-order chi connectivity index (χ0) is 19.4. The minimum Gasteiger partial charge on any atom is -0.258 e. The largest absolute Gasteiger partial charge is 0.289 e. The summed E-state index contributed by atoms with van der Waals surface area (Å²) in [5.74, 6) is 0. The Morgan fingerprint density at radius 1 is 0.889 bits per heavy atom. The van der Waals surface area contributed by atoms with Crippen LogP contribution in [0.2, 0.25) is 0 Å². The van der Waals surface area contributed by atoms with E-state index in [1.54, 1.807) is 0 Å². The summed E-state index contributed by atoms with van der Waals surface area (Å²) in [4.78, 5) is 10.2. The molecule has 0 aliphatic carbocycles. The summed E-state index contributed by atoms with van der Waals surface area (Å²) in [7, 11) is -4.14. The quantitative estimate of drug-likeness (QED) is 0.516. The number of sulfonamides is 1. The van der Waals surface area contributed by atoms with Crippen LogP contribution in [0.15, 0.2) is 83.8 Å². The first kappa shape index (κ1) is 18.8. The molecule has 6 nitrogen and oxygen atoms in total. The Morgan fingerprint density at radius 3 is 2.15 bits per heavy atom. The van der Waals surface area contributed by atoms with Gasteiger partial charge in [-0.05, 0) is 29.7 Å². The van der Waals surface area contributed by atoms with Gasteiger partial charge >= 0.3 is 0 Å². The highest BCUT2D eigenvalue weighted by molar-refractivity contribution is 7.89. The van der Waals surface area contributed by atoms with Crippen LogP contribution in [0.4, 0.5) is 5.69 Å². The van der Waals surface area contributed by atoms with Gasteiger partial charge in [-0.1, -0.05) is 66.7 Å². The highest BCUT2D eigenvalue weighted by Gasteiger charge is 2.29. The fourth-order valence-electron chi connectivity index (χ4n) is 2.92. The number of hydrogen-bond acceptors (Lipinski definition) is 4. The second-order valence-corrected chi connectivity index (χ2v) is 7.73. The predicted molar refractivity (Wildman–Crippen MR) is 103 cm³/mol. The molecule has 0 spiro atoms. The molecule has 138 valence electrons. The maximum atomic E-state index is 13.0. The van der Waals surface area contributed by atoms with Gasteiger partial charge in [0.1, 0.15) is 0 Å². The van der Waals surface area contributed by atoms with Gasteiger partial charge < -0.3 is 0 Å². The topological polar surface area (TPSA) is 89.3 Å². The molecule has 3 aromatic carbocycles. The average Bonchev–Trinajstić information content (AvgIpc) is 2.67. The molecule has 0 aliphatic rings. The van der Waals surface area contributed by atoms with Crippen LogP contribution >= 0.6 is 0 Å². The van der Waals surface area contributed by atoms with E-state index in [0.29, 0.717) is 0 Å². The van der Waals surface area contributed by atoms with E-state index in [2.05, 4.69) is 4.72 Å². The van der Waals surface area contributed by atoms with Crippen LogP contribution in [0, 0.1) is 17.0 Å². The number of aryl methyl sites for hydroxylation is 1. The monoisotopic (exact) mass is 382 g/mol. The summed E-state index contributed by atoms with van der Waals surface area (Å²) in [6, 6.07) is 21.2. The summed E-state index contributed by atoms with van der Waals surface area (Å²) in [5, 5.41) is 11.3. The van der Waals surface area contributed by atoms with E-state index in [-0.39, 0.29) is 4.90 Å². The smallest absolute Gasteiger partial charge is 0.258 e. The van der Waals surface area contributed by atoms with Crippen molar-refractivity contribution in [2.24, 2.45) is 0 Å². The molecule has 0 bridgehead atoms. The average molecular weight is 382 g/mol. The van der Waals surface area contributed by atoms with Crippen LogP contribution in [0.1, 0.15) is 22.7 Å². The summed E-state index contributed by atoms with van der Waals surface area (Å²) in [6.07, 6.45) is 0. The van der Waals surface area contributed by atoms with E-state index >= 15 is 0 Å².